The highest BCUT2D eigenvalue weighted by molar-refractivity contribution is 5.53. The standard InChI is InChI=1S/C22H20N2O2/c1-17-21(24-22(26-17)19-8-3-2-4-9-19)10-6-16-25-20-13-11-18(12-14-20)7-5-15-23/h2-5,7-9,11-14H,6,10,16H2,1H3/b7-5+. The summed E-state index contributed by atoms with van der Waals surface area (Å²) >= 11 is 0. The first kappa shape index (κ1) is 17.5. The molecule has 0 N–H and O–H groups in total. The van der Waals surface area contributed by atoms with Crippen molar-refractivity contribution in [1.29, 1.82) is 5.26 Å². The van der Waals surface area contributed by atoms with Crippen LogP contribution in [0, 0.1) is 18.3 Å². The minimum atomic E-state index is 0.611. The lowest BCUT2D eigenvalue weighted by Crippen LogP contribution is -2.00. The summed E-state index contributed by atoms with van der Waals surface area (Å²) in [6, 6.07) is 19.6. The molecular weight excluding hydrogens is 324 g/mol. The van der Waals surface area contributed by atoms with Gasteiger partial charge in [0.15, 0.2) is 0 Å². The summed E-state index contributed by atoms with van der Waals surface area (Å²) in [5, 5.41) is 8.53. The van der Waals surface area contributed by atoms with Crippen LogP contribution >= 0.6 is 0 Å². The summed E-state index contributed by atoms with van der Waals surface area (Å²) in [4.78, 5) is 4.61. The molecule has 0 aliphatic carbocycles. The van der Waals surface area contributed by atoms with Gasteiger partial charge in [0.1, 0.15) is 11.5 Å². The summed E-state index contributed by atoms with van der Waals surface area (Å²) in [6.07, 6.45) is 4.89. The number of benzene rings is 2. The topological polar surface area (TPSA) is 59.1 Å². The van der Waals surface area contributed by atoms with Gasteiger partial charge in [-0.3, -0.25) is 0 Å². The van der Waals surface area contributed by atoms with Crippen molar-refractivity contribution < 1.29 is 9.15 Å². The van der Waals surface area contributed by atoms with Gasteiger partial charge in [0.05, 0.1) is 18.4 Å². The molecule has 0 aliphatic rings. The Morgan fingerprint density at radius 1 is 1.12 bits per heavy atom. The van der Waals surface area contributed by atoms with E-state index in [0.29, 0.717) is 12.5 Å². The van der Waals surface area contributed by atoms with E-state index < -0.39 is 0 Å². The maximum absolute atomic E-state index is 8.53. The average molecular weight is 344 g/mol. The van der Waals surface area contributed by atoms with Gasteiger partial charge in [-0.2, -0.15) is 5.26 Å². The second-order valence-corrected chi connectivity index (χ2v) is 5.87. The van der Waals surface area contributed by atoms with Gasteiger partial charge in [-0.1, -0.05) is 30.3 Å². The number of rotatable bonds is 7. The van der Waals surface area contributed by atoms with Crippen molar-refractivity contribution in [2.75, 3.05) is 6.61 Å². The lowest BCUT2D eigenvalue weighted by Gasteiger charge is -2.05. The van der Waals surface area contributed by atoms with E-state index in [1.54, 1.807) is 6.08 Å². The van der Waals surface area contributed by atoms with E-state index in [2.05, 4.69) is 4.98 Å². The molecule has 26 heavy (non-hydrogen) atoms. The van der Waals surface area contributed by atoms with E-state index in [4.69, 9.17) is 14.4 Å². The van der Waals surface area contributed by atoms with Crippen LogP contribution in [0.2, 0.25) is 0 Å². The Balaban J connectivity index is 1.50. The number of nitriles is 1. The molecule has 0 unspecified atom stereocenters. The number of ether oxygens (including phenoxy) is 1. The third-order valence-corrected chi connectivity index (χ3v) is 3.97. The Hall–Kier alpha value is -3.32. The second-order valence-electron chi connectivity index (χ2n) is 5.87. The lowest BCUT2D eigenvalue weighted by atomic mass is 10.2. The Morgan fingerprint density at radius 2 is 1.88 bits per heavy atom. The van der Waals surface area contributed by atoms with Crippen LogP contribution in [0.15, 0.2) is 65.1 Å². The van der Waals surface area contributed by atoms with Gasteiger partial charge in [-0.25, -0.2) is 4.98 Å². The van der Waals surface area contributed by atoms with Crippen molar-refractivity contribution in [3.8, 4) is 23.3 Å². The van der Waals surface area contributed by atoms with Crippen LogP contribution < -0.4 is 4.74 Å². The summed E-state index contributed by atoms with van der Waals surface area (Å²) in [6.45, 7) is 2.56. The molecule has 1 aromatic heterocycles. The van der Waals surface area contributed by atoms with Crippen LogP contribution in [0.3, 0.4) is 0 Å². The Labute approximate surface area is 153 Å². The number of aromatic nitrogens is 1. The first-order valence-corrected chi connectivity index (χ1v) is 8.57. The first-order chi connectivity index (χ1) is 12.8. The number of allylic oxidation sites excluding steroid dienone is 1. The van der Waals surface area contributed by atoms with Gasteiger partial charge in [-0.15, -0.1) is 0 Å². The van der Waals surface area contributed by atoms with E-state index in [9.17, 15) is 0 Å². The minimum Gasteiger partial charge on any atom is -0.494 e. The first-order valence-electron chi connectivity index (χ1n) is 8.57. The Morgan fingerprint density at radius 3 is 2.62 bits per heavy atom. The number of oxazole rings is 1. The van der Waals surface area contributed by atoms with E-state index >= 15 is 0 Å². The molecule has 0 fully saturated rings. The summed E-state index contributed by atoms with van der Waals surface area (Å²) in [5.74, 6) is 2.35. The van der Waals surface area contributed by atoms with Gasteiger partial charge in [0.25, 0.3) is 0 Å². The molecule has 0 saturated carbocycles. The average Bonchev–Trinajstić information content (AvgIpc) is 3.06. The third-order valence-electron chi connectivity index (χ3n) is 3.97. The summed E-state index contributed by atoms with van der Waals surface area (Å²) in [5.41, 5.74) is 2.94. The molecule has 0 atom stereocenters. The summed E-state index contributed by atoms with van der Waals surface area (Å²) in [7, 11) is 0. The zero-order chi connectivity index (χ0) is 18.2. The molecule has 0 amide bonds. The van der Waals surface area contributed by atoms with E-state index in [1.165, 1.54) is 6.08 Å². The van der Waals surface area contributed by atoms with Crippen molar-refractivity contribution in [3.63, 3.8) is 0 Å². The third kappa shape index (κ3) is 4.61. The van der Waals surface area contributed by atoms with E-state index in [-0.39, 0.29) is 0 Å². The minimum absolute atomic E-state index is 0.611. The molecule has 0 aliphatic heterocycles. The maximum Gasteiger partial charge on any atom is 0.226 e. The van der Waals surface area contributed by atoms with Crippen LogP contribution in [0.25, 0.3) is 17.5 Å². The van der Waals surface area contributed by atoms with Crippen LogP contribution in [0.1, 0.15) is 23.4 Å². The molecule has 0 saturated heterocycles. The predicted molar refractivity (Wildman–Crippen MR) is 102 cm³/mol. The van der Waals surface area contributed by atoms with Gasteiger partial charge in [0.2, 0.25) is 5.89 Å². The normalized spacial score (nSPS) is 10.8. The van der Waals surface area contributed by atoms with Crippen molar-refractivity contribution in [3.05, 3.63) is 77.7 Å². The van der Waals surface area contributed by atoms with Crippen molar-refractivity contribution in [1.82, 2.24) is 4.98 Å². The zero-order valence-electron chi connectivity index (χ0n) is 14.7. The van der Waals surface area contributed by atoms with Crippen molar-refractivity contribution >= 4 is 6.08 Å². The molecule has 0 bridgehead atoms. The van der Waals surface area contributed by atoms with Crippen molar-refractivity contribution in [2.24, 2.45) is 0 Å². The molecule has 4 heteroatoms. The van der Waals surface area contributed by atoms with Gasteiger partial charge in [0, 0.05) is 11.6 Å². The van der Waals surface area contributed by atoms with Gasteiger partial charge in [-0.05, 0) is 55.7 Å². The molecule has 3 aromatic rings. The quantitative estimate of drug-likeness (QED) is 0.437. The van der Waals surface area contributed by atoms with E-state index in [1.807, 2.05) is 67.6 Å². The van der Waals surface area contributed by atoms with Crippen LogP contribution in [0.5, 0.6) is 5.75 Å². The SMILES string of the molecule is Cc1oc(-c2ccccc2)nc1CCCOc1ccc(/C=C/C#N)cc1. The summed E-state index contributed by atoms with van der Waals surface area (Å²) < 4.78 is 11.6. The smallest absolute Gasteiger partial charge is 0.226 e. The van der Waals surface area contributed by atoms with Crippen molar-refractivity contribution in [2.45, 2.75) is 19.8 Å². The Kier molecular flexibility index (Phi) is 5.84. The molecule has 3 rings (SSSR count). The van der Waals surface area contributed by atoms with Crippen LogP contribution in [-0.4, -0.2) is 11.6 Å². The number of hydrogen-bond donors (Lipinski definition) is 0. The molecular formula is C22H20N2O2. The molecule has 130 valence electrons. The fraction of sp³-hybridized carbons (Fsp3) is 0.182. The number of nitrogens with zero attached hydrogens (tertiary/aromatic N) is 2. The largest absolute Gasteiger partial charge is 0.494 e. The fourth-order valence-corrected chi connectivity index (χ4v) is 2.60. The molecule has 0 radical (unpaired) electrons. The zero-order valence-corrected chi connectivity index (χ0v) is 14.7. The maximum atomic E-state index is 8.53. The monoisotopic (exact) mass is 344 g/mol. The molecule has 4 nitrogen and oxygen atoms in total. The molecule has 0 spiro atoms. The van der Waals surface area contributed by atoms with Crippen LogP contribution in [-0.2, 0) is 6.42 Å². The highest BCUT2D eigenvalue weighted by atomic mass is 16.5. The predicted octanol–water partition coefficient (Wildman–Crippen LogP) is 5.20. The van der Waals surface area contributed by atoms with E-state index in [0.717, 1.165) is 41.2 Å². The highest BCUT2D eigenvalue weighted by Gasteiger charge is 2.10. The number of hydrogen-bond acceptors (Lipinski definition) is 4. The molecule has 1 heterocycles. The second kappa shape index (κ2) is 8.68. The van der Waals surface area contributed by atoms with Gasteiger partial charge >= 0.3 is 0 Å². The lowest BCUT2D eigenvalue weighted by molar-refractivity contribution is 0.310. The van der Waals surface area contributed by atoms with Gasteiger partial charge < -0.3 is 9.15 Å². The molecule has 2 aromatic carbocycles. The highest BCUT2D eigenvalue weighted by Crippen LogP contribution is 2.22. The fourth-order valence-electron chi connectivity index (χ4n) is 2.60. The Bertz CT molecular complexity index is 904. The number of aryl methyl sites for hydroxylation is 2. The van der Waals surface area contributed by atoms with Crippen LogP contribution in [0.4, 0.5) is 0 Å².